The summed E-state index contributed by atoms with van der Waals surface area (Å²) in [5, 5.41) is 2.88. The van der Waals surface area contributed by atoms with Crippen molar-refractivity contribution in [2.75, 3.05) is 7.11 Å². The number of nitrogens with zero attached hydrogens (tertiary/aromatic N) is 1. The van der Waals surface area contributed by atoms with Crippen LogP contribution in [0.5, 0.6) is 5.75 Å². The van der Waals surface area contributed by atoms with Gasteiger partial charge >= 0.3 is 0 Å². The normalized spacial score (nSPS) is 11.3. The predicted octanol–water partition coefficient (Wildman–Crippen LogP) is 3.44. The fraction of sp³-hybridized carbons (Fsp3) is 0.333. The first-order valence-electron chi connectivity index (χ1n) is 4.75. The topological polar surface area (TPSA) is 38.7 Å². The quantitative estimate of drug-likeness (QED) is 0.709. The minimum absolute atomic E-state index is 0.445. The van der Waals surface area contributed by atoms with Crippen molar-refractivity contribution >= 4 is 6.08 Å². The minimum atomic E-state index is 0.445. The fourth-order valence-electron chi connectivity index (χ4n) is 1.53. The van der Waals surface area contributed by atoms with Crippen molar-refractivity contribution in [1.82, 2.24) is 0 Å². The van der Waals surface area contributed by atoms with E-state index in [9.17, 15) is 4.91 Å². The molecule has 0 atom stereocenters. The number of rotatable bonds is 3. The molecule has 0 heterocycles. The van der Waals surface area contributed by atoms with Gasteiger partial charge in [-0.3, -0.25) is 0 Å². The van der Waals surface area contributed by atoms with Gasteiger partial charge in [0.1, 0.15) is 5.75 Å². The summed E-state index contributed by atoms with van der Waals surface area (Å²) in [5.74, 6) is 0.774. The van der Waals surface area contributed by atoms with Crippen LogP contribution in [-0.4, -0.2) is 7.11 Å². The zero-order valence-corrected chi connectivity index (χ0v) is 9.50. The number of hydrogen-bond donors (Lipinski definition) is 0. The Morgan fingerprint density at radius 2 is 2.07 bits per heavy atom. The number of aryl methyl sites for hydroxylation is 2. The third-order valence-corrected chi connectivity index (χ3v) is 2.21. The van der Waals surface area contributed by atoms with E-state index in [0.717, 1.165) is 22.4 Å². The Balaban J connectivity index is 3.33. The fourth-order valence-corrected chi connectivity index (χ4v) is 1.53. The molecule has 80 valence electrons. The zero-order chi connectivity index (χ0) is 11.4. The van der Waals surface area contributed by atoms with Gasteiger partial charge in [-0.2, -0.15) is 0 Å². The molecule has 0 N–H and O–H groups in total. The van der Waals surface area contributed by atoms with Crippen LogP contribution in [-0.2, 0) is 0 Å². The molecule has 0 aliphatic heterocycles. The summed E-state index contributed by atoms with van der Waals surface area (Å²) in [6.07, 6.45) is 1.74. The van der Waals surface area contributed by atoms with Crippen LogP contribution in [0.2, 0.25) is 0 Å². The highest BCUT2D eigenvalue weighted by atomic mass is 16.5. The Kier molecular flexibility index (Phi) is 3.61. The molecule has 0 saturated heterocycles. The van der Waals surface area contributed by atoms with Crippen molar-refractivity contribution in [2.24, 2.45) is 5.18 Å². The molecular weight excluding hydrogens is 190 g/mol. The van der Waals surface area contributed by atoms with Gasteiger partial charge in [0.15, 0.2) is 0 Å². The Hall–Kier alpha value is -1.64. The van der Waals surface area contributed by atoms with Crippen LogP contribution in [0.1, 0.15) is 23.6 Å². The second-order valence-corrected chi connectivity index (χ2v) is 3.57. The van der Waals surface area contributed by atoms with Crippen molar-refractivity contribution in [1.29, 1.82) is 0 Å². The molecule has 0 fully saturated rings. The lowest BCUT2D eigenvalue weighted by atomic mass is 10.0. The van der Waals surface area contributed by atoms with Gasteiger partial charge in [0.25, 0.3) is 0 Å². The van der Waals surface area contributed by atoms with E-state index in [2.05, 4.69) is 5.18 Å². The minimum Gasteiger partial charge on any atom is -0.496 e. The van der Waals surface area contributed by atoms with E-state index in [1.807, 2.05) is 26.0 Å². The van der Waals surface area contributed by atoms with Crippen LogP contribution in [0.4, 0.5) is 0 Å². The van der Waals surface area contributed by atoms with Crippen molar-refractivity contribution in [2.45, 2.75) is 20.8 Å². The van der Waals surface area contributed by atoms with Gasteiger partial charge in [-0.15, -0.1) is 4.91 Å². The molecule has 0 saturated carbocycles. The van der Waals surface area contributed by atoms with Crippen LogP contribution in [0.3, 0.4) is 0 Å². The van der Waals surface area contributed by atoms with E-state index in [1.54, 1.807) is 20.1 Å². The highest BCUT2D eigenvalue weighted by molar-refractivity contribution is 5.63. The lowest BCUT2D eigenvalue weighted by Gasteiger charge is -2.09. The van der Waals surface area contributed by atoms with Gasteiger partial charge in [0.2, 0.25) is 0 Å². The lowest BCUT2D eigenvalue weighted by Crippen LogP contribution is -1.92. The molecule has 0 aromatic heterocycles. The Bertz CT molecular complexity index is 408. The van der Waals surface area contributed by atoms with Crippen molar-refractivity contribution in [3.63, 3.8) is 0 Å². The van der Waals surface area contributed by atoms with Gasteiger partial charge in [0.05, 0.1) is 12.8 Å². The predicted molar refractivity (Wildman–Crippen MR) is 61.9 cm³/mol. The number of allylic oxidation sites excluding steroid dienone is 1. The van der Waals surface area contributed by atoms with Gasteiger partial charge in [-0.25, -0.2) is 0 Å². The molecule has 3 heteroatoms. The van der Waals surface area contributed by atoms with Crippen molar-refractivity contribution < 1.29 is 4.74 Å². The SMILES string of the molecule is COc1cc(C)cc(C)c1/C=C(\C)N=O. The van der Waals surface area contributed by atoms with E-state index in [-0.39, 0.29) is 0 Å². The van der Waals surface area contributed by atoms with Crippen molar-refractivity contribution in [3.8, 4) is 5.75 Å². The highest BCUT2D eigenvalue weighted by Crippen LogP contribution is 2.26. The standard InChI is InChI=1S/C12H15NO2/c1-8-5-9(2)11(7-10(3)13-14)12(6-8)15-4/h5-7H,1-4H3/b10-7+. The molecule has 0 amide bonds. The third-order valence-electron chi connectivity index (χ3n) is 2.21. The van der Waals surface area contributed by atoms with E-state index in [0.29, 0.717) is 5.70 Å². The van der Waals surface area contributed by atoms with E-state index < -0.39 is 0 Å². The van der Waals surface area contributed by atoms with Gasteiger partial charge in [-0.1, -0.05) is 6.07 Å². The zero-order valence-electron chi connectivity index (χ0n) is 9.50. The second-order valence-electron chi connectivity index (χ2n) is 3.57. The van der Waals surface area contributed by atoms with Crippen molar-refractivity contribution in [3.05, 3.63) is 39.4 Å². The Morgan fingerprint density at radius 3 is 2.60 bits per heavy atom. The first-order valence-corrected chi connectivity index (χ1v) is 4.75. The molecule has 0 aliphatic carbocycles. The molecule has 1 aromatic carbocycles. The molecule has 15 heavy (non-hydrogen) atoms. The monoisotopic (exact) mass is 205 g/mol. The van der Waals surface area contributed by atoms with Gasteiger partial charge in [0, 0.05) is 5.56 Å². The summed E-state index contributed by atoms with van der Waals surface area (Å²) < 4.78 is 5.26. The Morgan fingerprint density at radius 1 is 1.40 bits per heavy atom. The second kappa shape index (κ2) is 4.73. The smallest absolute Gasteiger partial charge is 0.126 e. The average molecular weight is 205 g/mol. The van der Waals surface area contributed by atoms with E-state index >= 15 is 0 Å². The number of methoxy groups -OCH3 is 1. The number of nitroso groups, excluding NO2 is 1. The largest absolute Gasteiger partial charge is 0.496 e. The maximum absolute atomic E-state index is 10.3. The third kappa shape index (κ3) is 2.65. The maximum Gasteiger partial charge on any atom is 0.126 e. The first-order chi connectivity index (χ1) is 7.08. The lowest BCUT2D eigenvalue weighted by molar-refractivity contribution is 0.413. The van der Waals surface area contributed by atoms with Crippen LogP contribution in [0, 0.1) is 18.8 Å². The number of hydrogen-bond acceptors (Lipinski definition) is 3. The van der Waals surface area contributed by atoms with Gasteiger partial charge in [-0.05, 0) is 49.2 Å². The van der Waals surface area contributed by atoms with Crippen LogP contribution >= 0.6 is 0 Å². The maximum atomic E-state index is 10.3. The van der Waals surface area contributed by atoms with Crippen LogP contribution in [0.25, 0.3) is 6.08 Å². The molecule has 0 spiro atoms. The Labute approximate surface area is 89.7 Å². The number of ether oxygens (including phenoxy) is 1. The summed E-state index contributed by atoms with van der Waals surface area (Å²) >= 11 is 0. The van der Waals surface area contributed by atoms with Crippen LogP contribution < -0.4 is 4.74 Å². The average Bonchev–Trinajstić information content (AvgIpc) is 2.21. The molecule has 0 aliphatic rings. The van der Waals surface area contributed by atoms with Crippen LogP contribution in [0.15, 0.2) is 23.0 Å². The molecule has 0 bridgehead atoms. The summed E-state index contributed by atoms with van der Waals surface area (Å²) in [5.41, 5.74) is 3.58. The molecule has 1 aromatic rings. The molecule has 3 nitrogen and oxygen atoms in total. The first kappa shape index (κ1) is 11.4. The van der Waals surface area contributed by atoms with Gasteiger partial charge < -0.3 is 4.74 Å². The molecular formula is C12H15NO2. The summed E-state index contributed by atoms with van der Waals surface area (Å²) in [4.78, 5) is 10.3. The molecule has 0 unspecified atom stereocenters. The van der Waals surface area contributed by atoms with E-state index in [4.69, 9.17) is 4.74 Å². The summed E-state index contributed by atoms with van der Waals surface area (Å²) in [6.45, 7) is 5.67. The highest BCUT2D eigenvalue weighted by Gasteiger charge is 2.05. The summed E-state index contributed by atoms with van der Waals surface area (Å²) in [6, 6.07) is 3.99. The molecule has 1 rings (SSSR count). The summed E-state index contributed by atoms with van der Waals surface area (Å²) in [7, 11) is 1.62. The molecule has 0 radical (unpaired) electrons. The number of benzene rings is 1. The van der Waals surface area contributed by atoms with E-state index in [1.165, 1.54) is 0 Å².